The summed E-state index contributed by atoms with van der Waals surface area (Å²) >= 11 is 0. The zero-order valence-corrected chi connectivity index (χ0v) is 10.4. The van der Waals surface area contributed by atoms with E-state index in [1.165, 1.54) is 18.2 Å². The zero-order valence-electron chi connectivity index (χ0n) is 10.4. The zero-order chi connectivity index (χ0) is 13.1. The van der Waals surface area contributed by atoms with Crippen molar-refractivity contribution in [1.82, 2.24) is 0 Å². The Morgan fingerprint density at radius 1 is 1.06 bits per heavy atom. The van der Waals surface area contributed by atoms with Crippen LogP contribution in [0.1, 0.15) is 24.1 Å². The van der Waals surface area contributed by atoms with E-state index < -0.39 is 0 Å². The molecule has 3 heteroatoms. The predicted molar refractivity (Wildman–Crippen MR) is 69.6 cm³/mol. The van der Waals surface area contributed by atoms with E-state index >= 15 is 0 Å². The molecule has 0 saturated carbocycles. The van der Waals surface area contributed by atoms with Crippen molar-refractivity contribution in [3.63, 3.8) is 0 Å². The van der Waals surface area contributed by atoms with Crippen LogP contribution in [0.4, 0.5) is 14.5 Å². The van der Waals surface area contributed by atoms with E-state index in [1.807, 2.05) is 26.0 Å². The Balaban J connectivity index is 2.18. The van der Waals surface area contributed by atoms with Gasteiger partial charge in [-0.15, -0.1) is 0 Å². The maximum absolute atomic E-state index is 13.7. The fourth-order valence-corrected chi connectivity index (χ4v) is 1.83. The highest BCUT2D eigenvalue weighted by molar-refractivity contribution is 5.48. The lowest BCUT2D eigenvalue weighted by Gasteiger charge is -2.16. The SMILES string of the molecule is Cc1ccc(NC(C)c2cccc(F)c2)c(F)c1. The Morgan fingerprint density at radius 3 is 2.50 bits per heavy atom. The molecule has 0 radical (unpaired) electrons. The smallest absolute Gasteiger partial charge is 0.146 e. The maximum Gasteiger partial charge on any atom is 0.146 e. The Labute approximate surface area is 105 Å². The first-order chi connectivity index (χ1) is 8.56. The third kappa shape index (κ3) is 2.86. The largest absolute Gasteiger partial charge is 0.376 e. The summed E-state index contributed by atoms with van der Waals surface area (Å²) < 4.78 is 26.8. The minimum Gasteiger partial charge on any atom is -0.376 e. The third-order valence-corrected chi connectivity index (χ3v) is 2.85. The lowest BCUT2D eigenvalue weighted by molar-refractivity contribution is 0.620. The molecule has 0 spiro atoms. The van der Waals surface area contributed by atoms with Crippen LogP contribution in [0.15, 0.2) is 42.5 Å². The Bertz CT molecular complexity index is 552. The summed E-state index contributed by atoms with van der Waals surface area (Å²) in [6.45, 7) is 3.71. The average Bonchev–Trinajstić information content (AvgIpc) is 2.32. The molecule has 1 atom stereocenters. The summed E-state index contributed by atoms with van der Waals surface area (Å²) in [5.41, 5.74) is 2.09. The normalized spacial score (nSPS) is 12.2. The second kappa shape index (κ2) is 5.17. The maximum atomic E-state index is 13.7. The van der Waals surface area contributed by atoms with Crippen molar-refractivity contribution in [1.29, 1.82) is 0 Å². The van der Waals surface area contributed by atoms with Crippen molar-refractivity contribution in [2.75, 3.05) is 5.32 Å². The van der Waals surface area contributed by atoms with Crippen LogP contribution in [0.5, 0.6) is 0 Å². The van der Waals surface area contributed by atoms with Crippen molar-refractivity contribution in [2.24, 2.45) is 0 Å². The Kier molecular flexibility index (Phi) is 3.60. The van der Waals surface area contributed by atoms with Crippen molar-refractivity contribution in [2.45, 2.75) is 19.9 Å². The number of aryl methyl sites for hydroxylation is 1. The first kappa shape index (κ1) is 12.6. The molecule has 2 rings (SSSR count). The van der Waals surface area contributed by atoms with Crippen LogP contribution in [0, 0.1) is 18.6 Å². The molecular formula is C15H15F2N. The van der Waals surface area contributed by atoms with Gasteiger partial charge in [0.15, 0.2) is 0 Å². The summed E-state index contributed by atoms with van der Waals surface area (Å²) in [4.78, 5) is 0. The highest BCUT2D eigenvalue weighted by Gasteiger charge is 2.09. The van der Waals surface area contributed by atoms with E-state index in [4.69, 9.17) is 0 Å². The van der Waals surface area contributed by atoms with E-state index in [-0.39, 0.29) is 17.7 Å². The topological polar surface area (TPSA) is 12.0 Å². The second-order valence-electron chi connectivity index (χ2n) is 4.40. The Hall–Kier alpha value is -1.90. The van der Waals surface area contributed by atoms with Crippen LogP contribution in [0.25, 0.3) is 0 Å². The van der Waals surface area contributed by atoms with Gasteiger partial charge in [-0.2, -0.15) is 0 Å². The molecule has 0 aliphatic heterocycles. The molecule has 0 fully saturated rings. The number of halogens is 2. The molecule has 0 heterocycles. The molecule has 0 aromatic heterocycles. The molecule has 2 aromatic rings. The number of benzene rings is 2. The van der Waals surface area contributed by atoms with Gasteiger partial charge in [0.25, 0.3) is 0 Å². The van der Waals surface area contributed by atoms with Crippen molar-refractivity contribution in [3.8, 4) is 0 Å². The summed E-state index contributed by atoms with van der Waals surface area (Å²) in [7, 11) is 0. The van der Waals surface area contributed by atoms with Gasteiger partial charge in [-0.25, -0.2) is 8.78 Å². The molecule has 1 nitrogen and oxygen atoms in total. The van der Waals surface area contributed by atoms with Gasteiger partial charge in [-0.05, 0) is 49.2 Å². The lowest BCUT2D eigenvalue weighted by Crippen LogP contribution is -2.08. The third-order valence-electron chi connectivity index (χ3n) is 2.85. The molecule has 94 valence electrons. The van der Waals surface area contributed by atoms with Crippen LogP contribution in [-0.4, -0.2) is 0 Å². The van der Waals surface area contributed by atoms with Gasteiger partial charge in [-0.3, -0.25) is 0 Å². The number of nitrogens with one attached hydrogen (secondary N) is 1. The van der Waals surface area contributed by atoms with Gasteiger partial charge in [0.2, 0.25) is 0 Å². The predicted octanol–water partition coefficient (Wildman–Crippen LogP) is 4.45. The van der Waals surface area contributed by atoms with Crippen LogP contribution < -0.4 is 5.32 Å². The molecule has 1 N–H and O–H groups in total. The fraction of sp³-hybridized carbons (Fsp3) is 0.200. The minimum atomic E-state index is -0.293. The summed E-state index contributed by atoms with van der Waals surface area (Å²) in [5, 5.41) is 3.04. The fourth-order valence-electron chi connectivity index (χ4n) is 1.83. The van der Waals surface area contributed by atoms with Crippen LogP contribution in [0.3, 0.4) is 0 Å². The van der Waals surface area contributed by atoms with E-state index in [0.717, 1.165) is 11.1 Å². The molecule has 18 heavy (non-hydrogen) atoms. The van der Waals surface area contributed by atoms with Crippen LogP contribution in [0.2, 0.25) is 0 Å². The van der Waals surface area contributed by atoms with Crippen molar-refractivity contribution in [3.05, 3.63) is 65.2 Å². The number of rotatable bonds is 3. The molecule has 0 saturated heterocycles. The highest BCUT2D eigenvalue weighted by Crippen LogP contribution is 2.22. The summed E-state index contributed by atoms with van der Waals surface area (Å²) in [6.07, 6.45) is 0. The summed E-state index contributed by atoms with van der Waals surface area (Å²) in [6, 6.07) is 11.1. The van der Waals surface area contributed by atoms with Gasteiger partial charge in [0.05, 0.1) is 5.69 Å². The van der Waals surface area contributed by atoms with Gasteiger partial charge in [0, 0.05) is 6.04 Å². The first-order valence-corrected chi connectivity index (χ1v) is 5.84. The second-order valence-corrected chi connectivity index (χ2v) is 4.40. The van der Waals surface area contributed by atoms with Crippen LogP contribution >= 0.6 is 0 Å². The van der Waals surface area contributed by atoms with Gasteiger partial charge in [-0.1, -0.05) is 18.2 Å². The Morgan fingerprint density at radius 2 is 1.83 bits per heavy atom. The van der Waals surface area contributed by atoms with E-state index in [9.17, 15) is 8.78 Å². The average molecular weight is 247 g/mol. The van der Waals surface area contributed by atoms with Gasteiger partial charge in [0.1, 0.15) is 11.6 Å². The molecular weight excluding hydrogens is 232 g/mol. The van der Waals surface area contributed by atoms with Crippen molar-refractivity contribution < 1.29 is 8.78 Å². The molecule has 1 unspecified atom stereocenters. The minimum absolute atomic E-state index is 0.155. The van der Waals surface area contributed by atoms with Gasteiger partial charge >= 0.3 is 0 Å². The lowest BCUT2D eigenvalue weighted by atomic mass is 10.1. The number of hydrogen-bond acceptors (Lipinski definition) is 1. The molecule has 0 aliphatic rings. The van der Waals surface area contributed by atoms with Crippen molar-refractivity contribution >= 4 is 5.69 Å². The molecule has 2 aromatic carbocycles. The van der Waals surface area contributed by atoms with E-state index in [1.54, 1.807) is 12.1 Å². The highest BCUT2D eigenvalue weighted by atomic mass is 19.1. The molecule has 0 bridgehead atoms. The summed E-state index contributed by atoms with van der Waals surface area (Å²) in [5.74, 6) is -0.580. The quantitative estimate of drug-likeness (QED) is 0.845. The van der Waals surface area contributed by atoms with Gasteiger partial charge < -0.3 is 5.32 Å². The van der Waals surface area contributed by atoms with E-state index in [0.29, 0.717) is 5.69 Å². The molecule has 0 amide bonds. The molecule has 0 aliphatic carbocycles. The number of anilines is 1. The van der Waals surface area contributed by atoms with E-state index in [2.05, 4.69) is 5.32 Å². The first-order valence-electron chi connectivity index (χ1n) is 5.84. The van der Waals surface area contributed by atoms with Crippen LogP contribution in [-0.2, 0) is 0 Å². The monoisotopic (exact) mass is 247 g/mol. The number of hydrogen-bond donors (Lipinski definition) is 1. The standard InChI is InChI=1S/C15H15F2N/c1-10-6-7-15(14(17)8-10)18-11(2)12-4-3-5-13(16)9-12/h3-9,11,18H,1-2H3.